The molecule has 4 heteroatoms. The number of aromatic nitrogens is 1. The third-order valence-electron chi connectivity index (χ3n) is 2.98. The Bertz CT molecular complexity index is 318. The van der Waals surface area contributed by atoms with E-state index < -0.39 is 0 Å². The van der Waals surface area contributed by atoms with Gasteiger partial charge in [-0.3, -0.25) is 0 Å². The number of rotatable bonds is 3. The van der Waals surface area contributed by atoms with Gasteiger partial charge in [-0.2, -0.15) is 0 Å². The summed E-state index contributed by atoms with van der Waals surface area (Å²) in [6, 6.07) is 3.88. The van der Waals surface area contributed by atoms with Crippen molar-refractivity contribution in [3.05, 3.63) is 18.3 Å². The lowest BCUT2D eigenvalue weighted by atomic mass is 10.1. The van der Waals surface area contributed by atoms with Crippen LogP contribution in [0.15, 0.2) is 18.3 Å². The zero-order valence-corrected chi connectivity index (χ0v) is 9.72. The molecule has 0 amide bonds. The molecule has 0 bridgehead atoms. The highest BCUT2D eigenvalue weighted by atomic mass is 16.5. The van der Waals surface area contributed by atoms with E-state index >= 15 is 0 Å². The Morgan fingerprint density at radius 3 is 2.75 bits per heavy atom. The SMILES string of the molecule is CCOC1CCN(c2ccc(N)nc2)CC1. The van der Waals surface area contributed by atoms with Crippen LogP contribution in [0.3, 0.4) is 0 Å². The van der Waals surface area contributed by atoms with Crippen molar-refractivity contribution < 1.29 is 4.74 Å². The lowest BCUT2D eigenvalue weighted by Crippen LogP contribution is -2.37. The minimum absolute atomic E-state index is 0.433. The molecular weight excluding hydrogens is 202 g/mol. The predicted molar refractivity (Wildman–Crippen MR) is 65.5 cm³/mol. The Kier molecular flexibility index (Phi) is 3.62. The van der Waals surface area contributed by atoms with Gasteiger partial charge in [0.15, 0.2) is 0 Å². The number of pyridine rings is 1. The van der Waals surface area contributed by atoms with Gasteiger partial charge in [0.2, 0.25) is 0 Å². The van der Waals surface area contributed by atoms with E-state index in [2.05, 4.69) is 16.8 Å². The number of nitrogen functional groups attached to an aromatic ring is 1. The summed E-state index contributed by atoms with van der Waals surface area (Å²) in [5.41, 5.74) is 6.72. The number of hydrogen-bond donors (Lipinski definition) is 1. The quantitative estimate of drug-likeness (QED) is 0.843. The second-order valence-corrected chi connectivity index (χ2v) is 4.08. The van der Waals surface area contributed by atoms with E-state index in [4.69, 9.17) is 10.5 Å². The second kappa shape index (κ2) is 5.16. The summed E-state index contributed by atoms with van der Waals surface area (Å²) in [6.07, 6.45) is 4.47. The first-order chi connectivity index (χ1) is 7.79. The molecule has 0 spiro atoms. The maximum absolute atomic E-state index is 5.62. The van der Waals surface area contributed by atoms with Crippen LogP contribution >= 0.6 is 0 Å². The first-order valence-corrected chi connectivity index (χ1v) is 5.87. The fraction of sp³-hybridized carbons (Fsp3) is 0.583. The van der Waals surface area contributed by atoms with Gasteiger partial charge in [-0.25, -0.2) is 4.98 Å². The van der Waals surface area contributed by atoms with Crippen molar-refractivity contribution in [1.29, 1.82) is 0 Å². The lowest BCUT2D eigenvalue weighted by Gasteiger charge is -2.33. The van der Waals surface area contributed by atoms with E-state index in [0.717, 1.165) is 38.2 Å². The van der Waals surface area contributed by atoms with Gasteiger partial charge in [0.05, 0.1) is 18.0 Å². The van der Waals surface area contributed by atoms with Crippen LogP contribution in [0, 0.1) is 0 Å². The summed E-state index contributed by atoms with van der Waals surface area (Å²) in [5.74, 6) is 0.577. The molecule has 2 N–H and O–H groups in total. The molecule has 1 fully saturated rings. The molecule has 2 rings (SSSR count). The average molecular weight is 221 g/mol. The number of nitrogens with zero attached hydrogens (tertiary/aromatic N) is 2. The van der Waals surface area contributed by atoms with Crippen molar-refractivity contribution in [3.8, 4) is 0 Å². The molecular formula is C12H19N3O. The van der Waals surface area contributed by atoms with Crippen LogP contribution < -0.4 is 10.6 Å². The van der Waals surface area contributed by atoms with Gasteiger partial charge in [0.25, 0.3) is 0 Å². The summed E-state index contributed by atoms with van der Waals surface area (Å²) in [5, 5.41) is 0. The second-order valence-electron chi connectivity index (χ2n) is 4.08. The maximum atomic E-state index is 5.62. The molecule has 1 aromatic heterocycles. The number of anilines is 2. The lowest BCUT2D eigenvalue weighted by molar-refractivity contribution is 0.0459. The smallest absolute Gasteiger partial charge is 0.123 e. The number of hydrogen-bond acceptors (Lipinski definition) is 4. The zero-order chi connectivity index (χ0) is 11.4. The fourth-order valence-corrected chi connectivity index (χ4v) is 2.10. The van der Waals surface area contributed by atoms with Crippen LogP contribution in [0.5, 0.6) is 0 Å². The third-order valence-corrected chi connectivity index (χ3v) is 2.98. The average Bonchev–Trinajstić information content (AvgIpc) is 2.32. The summed E-state index contributed by atoms with van der Waals surface area (Å²) in [6.45, 7) is 4.94. The Hall–Kier alpha value is -1.29. The molecule has 1 aromatic rings. The fourth-order valence-electron chi connectivity index (χ4n) is 2.10. The molecule has 0 aliphatic carbocycles. The number of piperidine rings is 1. The Balaban J connectivity index is 1.91. The van der Waals surface area contributed by atoms with E-state index in [1.807, 2.05) is 18.3 Å². The van der Waals surface area contributed by atoms with Crippen LogP contribution in [0.4, 0.5) is 11.5 Å². The molecule has 2 heterocycles. The van der Waals surface area contributed by atoms with Crippen LogP contribution in [0.25, 0.3) is 0 Å². The minimum atomic E-state index is 0.433. The molecule has 0 aromatic carbocycles. The van der Waals surface area contributed by atoms with Crippen LogP contribution in [0.1, 0.15) is 19.8 Å². The number of ether oxygens (including phenoxy) is 1. The summed E-state index contributed by atoms with van der Waals surface area (Å²) >= 11 is 0. The van der Waals surface area contributed by atoms with Crippen molar-refractivity contribution in [3.63, 3.8) is 0 Å². The normalized spacial score (nSPS) is 17.7. The highest BCUT2D eigenvalue weighted by Gasteiger charge is 2.19. The minimum Gasteiger partial charge on any atom is -0.384 e. The van der Waals surface area contributed by atoms with Gasteiger partial charge in [-0.15, -0.1) is 0 Å². The van der Waals surface area contributed by atoms with Gasteiger partial charge in [-0.1, -0.05) is 0 Å². The van der Waals surface area contributed by atoms with E-state index in [9.17, 15) is 0 Å². The van der Waals surface area contributed by atoms with Crippen molar-refractivity contribution in [2.24, 2.45) is 0 Å². The first kappa shape index (κ1) is 11.2. The maximum Gasteiger partial charge on any atom is 0.123 e. The molecule has 0 atom stereocenters. The van der Waals surface area contributed by atoms with Crippen LogP contribution in [-0.4, -0.2) is 30.8 Å². The Morgan fingerprint density at radius 1 is 1.44 bits per heavy atom. The first-order valence-electron chi connectivity index (χ1n) is 5.87. The number of nitrogens with two attached hydrogens (primary N) is 1. The van der Waals surface area contributed by atoms with Crippen molar-refractivity contribution in [1.82, 2.24) is 4.98 Å². The molecule has 1 aliphatic heterocycles. The van der Waals surface area contributed by atoms with Crippen LogP contribution in [-0.2, 0) is 4.74 Å². The van der Waals surface area contributed by atoms with Crippen molar-refractivity contribution in [2.45, 2.75) is 25.9 Å². The molecule has 88 valence electrons. The topological polar surface area (TPSA) is 51.4 Å². The molecule has 16 heavy (non-hydrogen) atoms. The standard InChI is InChI=1S/C12H19N3O/c1-2-16-11-5-7-15(8-6-11)10-3-4-12(13)14-9-10/h3-4,9,11H,2,5-8H2,1H3,(H2,13,14). The molecule has 0 radical (unpaired) electrons. The van der Waals surface area contributed by atoms with E-state index in [-0.39, 0.29) is 0 Å². The molecule has 4 nitrogen and oxygen atoms in total. The molecule has 1 saturated heterocycles. The van der Waals surface area contributed by atoms with Gasteiger partial charge in [0.1, 0.15) is 5.82 Å². The van der Waals surface area contributed by atoms with Gasteiger partial charge in [-0.05, 0) is 31.9 Å². The van der Waals surface area contributed by atoms with Crippen molar-refractivity contribution >= 4 is 11.5 Å². The predicted octanol–water partition coefficient (Wildman–Crippen LogP) is 1.67. The van der Waals surface area contributed by atoms with Gasteiger partial charge in [0, 0.05) is 19.7 Å². The molecule has 0 unspecified atom stereocenters. The van der Waals surface area contributed by atoms with Crippen molar-refractivity contribution in [2.75, 3.05) is 30.3 Å². The zero-order valence-electron chi connectivity index (χ0n) is 9.72. The Labute approximate surface area is 96.4 Å². The largest absolute Gasteiger partial charge is 0.384 e. The van der Waals surface area contributed by atoms with Gasteiger partial charge >= 0.3 is 0 Å². The van der Waals surface area contributed by atoms with E-state index in [1.54, 1.807) is 0 Å². The summed E-state index contributed by atoms with van der Waals surface area (Å²) in [4.78, 5) is 6.45. The highest BCUT2D eigenvalue weighted by Crippen LogP contribution is 2.20. The van der Waals surface area contributed by atoms with E-state index in [0.29, 0.717) is 11.9 Å². The summed E-state index contributed by atoms with van der Waals surface area (Å²) < 4.78 is 5.62. The van der Waals surface area contributed by atoms with Gasteiger partial charge < -0.3 is 15.4 Å². The molecule has 0 saturated carbocycles. The monoisotopic (exact) mass is 221 g/mol. The van der Waals surface area contributed by atoms with Crippen LogP contribution in [0.2, 0.25) is 0 Å². The molecule has 1 aliphatic rings. The van der Waals surface area contributed by atoms with E-state index in [1.165, 1.54) is 0 Å². The Morgan fingerprint density at radius 2 is 2.19 bits per heavy atom. The third kappa shape index (κ3) is 2.64. The highest BCUT2D eigenvalue weighted by molar-refractivity contribution is 5.48. The summed E-state index contributed by atoms with van der Waals surface area (Å²) in [7, 11) is 0.